The minimum absolute atomic E-state index is 0.0239. The molecular weight excluding hydrogens is 500 g/mol. The van der Waals surface area contributed by atoms with Crippen molar-refractivity contribution in [3.63, 3.8) is 0 Å². The van der Waals surface area contributed by atoms with Crippen molar-refractivity contribution >= 4 is 39.1 Å². The molecule has 1 aliphatic heterocycles. The number of hydrogen-bond acceptors (Lipinski definition) is 6. The maximum Gasteiger partial charge on any atom is 0.229 e. The molecule has 0 aromatic carbocycles. The lowest BCUT2D eigenvalue weighted by Crippen LogP contribution is -2.44. The van der Waals surface area contributed by atoms with Crippen LogP contribution in [0.5, 0.6) is 0 Å². The van der Waals surface area contributed by atoms with Crippen LogP contribution in [0.15, 0.2) is 54.8 Å². The summed E-state index contributed by atoms with van der Waals surface area (Å²) in [5.74, 6) is 0.999. The number of aromatic amines is 2. The molecule has 5 N–H and O–H groups in total. The largest absolute Gasteiger partial charge is 0.404 e. The smallest absolute Gasteiger partial charge is 0.229 e. The fraction of sp³-hybridized carbons (Fsp3) is 0.387. The number of nitrogens with two attached hydrogens (primary N) is 1. The van der Waals surface area contributed by atoms with Gasteiger partial charge in [0, 0.05) is 83.5 Å². The number of allylic oxidation sites excluding steroid dienone is 3. The average molecular weight is 541 g/mol. The van der Waals surface area contributed by atoms with E-state index in [2.05, 4.69) is 56.2 Å². The van der Waals surface area contributed by atoms with Gasteiger partial charge in [-0.25, -0.2) is 4.98 Å². The molecule has 0 saturated carbocycles. The standard InChI is InChI=1S/C31H40N8O/c1-6-7-21(36-30(40)31(2,3)4)14-20(17-32)26-15-22-24(18-34-28(22)19-35-26)27-16-23-25(37-27)8-9-33-29(23)39-12-10-38(5)11-13-39/h8-9,14-19,34,37H,6-7,10-13,32H2,1-5H3,(H,36,40)/b20-17+,21-14+. The predicted molar refractivity (Wildman–Crippen MR) is 164 cm³/mol. The summed E-state index contributed by atoms with van der Waals surface area (Å²) in [7, 11) is 2.16. The van der Waals surface area contributed by atoms with Crippen molar-refractivity contribution < 1.29 is 4.79 Å². The zero-order valence-corrected chi connectivity index (χ0v) is 24.1. The number of hydrogen-bond donors (Lipinski definition) is 4. The predicted octanol–water partition coefficient (Wildman–Crippen LogP) is 5.00. The Morgan fingerprint density at radius 2 is 1.90 bits per heavy atom. The number of nitrogens with zero attached hydrogens (tertiary/aromatic N) is 4. The SMILES string of the molecule is CCC/C(=C\C(=C/N)c1cc2c(-c3cc4c(N5CCN(C)CC5)nccc4[nH]3)c[nH]c2cn1)NC(=O)C(C)(C)C. The number of aromatic nitrogens is 4. The van der Waals surface area contributed by atoms with E-state index in [4.69, 9.17) is 10.7 Å². The number of H-pyrrole nitrogens is 2. The Labute approximate surface area is 235 Å². The molecule has 1 saturated heterocycles. The molecule has 4 aromatic rings. The van der Waals surface area contributed by atoms with Crippen LogP contribution in [-0.2, 0) is 4.79 Å². The van der Waals surface area contributed by atoms with Crippen molar-refractivity contribution in [3.05, 3.63) is 60.5 Å². The van der Waals surface area contributed by atoms with E-state index < -0.39 is 5.41 Å². The topological polar surface area (TPSA) is 119 Å². The number of fused-ring (bicyclic) bond motifs is 2. The first-order valence-corrected chi connectivity index (χ1v) is 14.0. The van der Waals surface area contributed by atoms with Gasteiger partial charge in [-0.3, -0.25) is 9.78 Å². The lowest BCUT2D eigenvalue weighted by Gasteiger charge is -2.33. The van der Waals surface area contributed by atoms with Crippen LogP contribution in [-0.4, -0.2) is 64.0 Å². The molecule has 9 heteroatoms. The molecule has 40 heavy (non-hydrogen) atoms. The number of pyridine rings is 2. The van der Waals surface area contributed by atoms with Crippen molar-refractivity contribution in [1.29, 1.82) is 0 Å². The zero-order valence-electron chi connectivity index (χ0n) is 24.1. The summed E-state index contributed by atoms with van der Waals surface area (Å²) in [4.78, 5) is 33.8. The molecule has 210 valence electrons. The monoisotopic (exact) mass is 540 g/mol. The van der Waals surface area contributed by atoms with E-state index in [0.29, 0.717) is 0 Å². The normalized spacial score (nSPS) is 15.8. The van der Waals surface area contributed by atoms with E-state index in [1.165, 1.54) is 0 Å². The summed E-state index contributed by atoms with van der Waals surface area (Å²) in [5, 5.41) is 5.24. The Hall–Kier alpha value is -4.11. The quantitative estimate of drug-likeness (QED) is 0.245. The zero-order chi connectivity index (χ0) is 28.4. The maximum absolute atomic E-state index is 12.7. The highest BCUT2D eigenvalue weighted by Crippen LogP contribution is 2.34. The fourth-order valence-electron chi connectivity index (χ4n) is 5.02. The van der Waals surface area contributed by atoms with Gasteiger partial charge in [-0.2, -0.15) is 0 Å². The molecule has 5 rings (SSSR count). The molecule has 1 fully saturated rings. The first-order chi connectivity index (χ1) is 19.2. The van der Waals surface area contributed by atoms with Crippen molar-refractivity contribution in [2.24, 2.45) is 11.1 Å². The number of carbonyl (C=O) groups excluding carboxylic acids is 1. The Kier molecular flexibility index (Phi) is 7.67. The highest BCUT2D eigenvalue weighted by Gasteiger charge is 2.22. The molecule has 1 aliphatic rings. The van der Waals surface area contributed by atoms with Crippen LogP contribution in [0.4, 0.5) is 5.82 Å². The van der Waals surface area contributed by atoms with Gasteiger partial charge in [0.05, 0.1) is 22.9 Å². The summed E-state index contributed by atoms with van der Waals surface area (Å²) < 4.78 is 0. The Bertz CT molecular complexity index is 1580. The number of rotatable bonds is 7. The summed E-state index contributed by atoms with van der Waals surface area (Å²) in [6, 6.07) is 6.28. The van der Waals surface area contributed by atoms with Gasteiger partial charge < -0.3 is 30.8 Å². The Morgan fingerprint density at radius 3 is 2.60 bits per heavy atom. The van der Waals surface area contributed by atoms with Crippen LogP contribution in [0, 0.1) is 5.41 Å². The number of piperazine rings is 1. The molecule has 0 aliphatic carbocycles. The van der Waals surface area contributed by atoms with E-state index in [1.807, 2.05) is 51.5 Å². The number of amides is 1. The molecule has 0 unspecified atom stereocenters. The van der Waals surface area contributed by atoms with Crippen LogP contribution >= 0.6 is 0 Å². The fourth-order valence-corrected chi connectivity index (χ4v) is 5.02. The third-order valence-corrected chi connectivity index (χ3v) is 7.47. The molecular formula is C31H40N8O. The molecule has 1 amide bonds. The minimum Gasteiger partial charge on any atom is -0.404 e. The summed E-state index contributed by atoms with van der Waals surface area (Å²) in [6.45, 7) is 11.8. The maximum atomic E-state index is 12.7. The van der Waals surface area contributed by atoms with Gasteiger partial charge in [0.15, 0.2) is 0 Å². The summed E-state index contributed by atoms with van der Waals surface area (Å²) >= 11 is 0. The summed E-state index contributed by atoms with van der Waals surface area (Å²) in [5.41, 5.74) is 12.0. The first kappa shape index (κ1) is 27.5. The van der Waals surface area contributed by atoms with Gasteiger partial charge in [-0.15, -0.1) is 0 Å². The van der Waals surface area contributed by atoms with Crippen LogP contribution in [0.1, 0.15) is 46.2 Å². The van der Waals surface area contributed by atoms with Gasteiger partial charge in [0.25, 0.3) is 0 Å². The van der Waals surface area contributed by atoms with E-state index >= 15 is 0 Å². The van der Waals surface area contributed by atoms with Crippen molar-refractivity contribution in [3.8, 4) is 11.3 Å². The molecule has 0 radical (unpaired) electrons. The number of likely N-dealkylation sites (N-methyl/N-ethyl adjacent to an activating group) is 1. The van der Waals surface area contributed by atoms with Crippen LogP contribution < -0.4 is 16.0 Å². The Balaban J connectivity index is 1.50. The molecule has 0 bridgehead atoms. The third-order valence-electron chi connectivity index (χ3n) is 7.47. The van der Waals surface area contributed by atoms with E-state index in [1.54, 1.807) is 6.20 Å². The van der Waals surface area contributed by atoms with Gasteiger partial charge in [-0.05, 0) is 37.7 Å². The van der Waals surface area contributed by atoms with Crippen molar-refractivity contribution in [1.82, 2.24) is 30.2 Å². The number of carbonyl (C=O) groups is 1. The lowest BCUT2D eigenvalue weighted by atomic mass is 9.95. The van der Waals surface area contributed by atoms with E-state index in [0.717, 1.165) is 94.9 Å². The summed E-state index contributed by atoms with van der Waals surface area (Å²) in [6.07, 6.45) is 10.8. The van der Waals surface area contributed by atoms with Crippen molar-refractivity contribution in [2.75, 3.05) is 38.1 Å². The van der Waals surface area contributed by atoms with E-state index in [-0.39, 0.29) is 5.91 Å². The minimum atomic E-state index is -0.490. The molecule has 0 spiro atoms. The second-order valence-corrected chi connectivity index (χ2v) is 11.6. The number of anilines is 1. The second-order valence-electron chi connectivity index (χ2n) is 11.6. The third kappa shape index (κ3) is 5.60. The highest BCUT2D eigenvalue weighted by molar-refractivity contribution is 6.01. The molecule has 5 heterocycles. The lowest BCUT2D eigenvalue weighted by molar-refractivity contribution is -0.127. The number of nitrogens with one attached hydrogen (secondary N) is 3. The molecule has 4 aromatic heterocycles. The van der Waals surface area contributed by atoms with Crippen molar-refractivity contribution in [2.45, 2.75) is 40.5 Å². The van der Waals surface area contributed by atoms with E-state index in [9.17, 15) is 4.79 Å². The van der Waals surface area contributed by atoms with Gasteiger partial charge in [0.1, 0.15) is 5.82 Å². The van der Waals surface area contributed by atoms with Crippen LogP contribution in [0.25, 0.3) is 38.6 Å². The molecule has 9 nitrogen and oxygen atoms in total. The molecule has 0 atom stereocenters. The first-order valence-electron chi connectivity index (χ1n) is 14.0. The van der Waals surface area contributed by atoms with Crippen LogP contribution in [0.3, 0.4) is 0 Å². The second kappa shape index (κ2) is 11.2. The van der Waals surface area contributed by atoms with Crippen LogP contribution in [0.2, 0.25) is 0 Å². The van der Waals surface area contributed by atoms with Gasteiger partial charge >= 0.3 is 0 Å². The Morgan fingerprint density at radius 1 is 1.12 bits per heavy atom. The average Bonchev–Trinajstić information content (AvgIpc) is 3.55. The highest BCUT2D eigenvalue weighted by atomic mass is 16.2. The van der Waals surface area contributed by atoms with Gasteiger partial charge in [0.2, 0.25) is 5.91 Å². The van der Waals surface area contributed by atoms with Gasteiger partial charge in [-0.1, -0.05) is 34.1 Å².